The number of ketones is 1. The number of aromatic nitrogens is 4. The lowest BCUT2D eigenvalue weighted by Crippen LogP contribution is -2.44. The third kappa shape index (κ3) is 3.41. The van der Waals surface area contributed by atoms with Gasteiger partial charge in [0.2, 0.25) is 5.91 Å². The average Bonchev–Trinajstić information content (AvgIpc) is 3.15. The van der Waals surface area contributed by atoms with Crippen molar-refractivity contribution in [3.8, 4) is 5.75 Å². The molecule has 1 fully saturated rings. The van der Waals surface area contributed by atoms with Crippen molar-refractivity contribution in [3.63, 3.8) is 0 Å². The number of H-pyrrole nitrogens is 1. The molecule has 1 amide bonds. The van der Waals surface area contributed by atoms with Crippen molar-refractivity contribution < 1.29 is 14.3 Å². The molecule has 4 rings (SSSR count). The Hall–Kier alpha value is -2.48. The number of benzene rings is 1. The van der Waals surface area contributed by atoms with Gasteiger partial charge in [-0.25, -0.2) is 0 Å². The molecule has 0 aliphatic carbocycles. The van der Waals surface area contributed by atoms with Crippen LogP contribution in [0.5, 0.6) is 5.75 Å². The monoisotopic (exact) mass is 375 g/mol. The highest BCUT2D eigenvalue weighted by Crippen LogP contribution is 2.35. The van der Waals surface area contributed by atoms with Gasteiger partial charge in [0, 0.05) is 24.5 Å². The van der Waals surface area contributed by atoms with E-state index in [0.717, 1.165) is 12.8 Å². The minimum absolute atomic E-state index is 0.00882. The van der Waals surface area contributed by atoms with E-state index < -0.39 is 0 Å². The SMILES string of the molecule is O=C1CC(C2CCN(C(=O)Cc3nn[nH]n3)CC2)Oc2ccc(Cl)cc21. The van der Waals surface area contributed by atoms with Crippen LogP contribution in [-0.4, -0.2) is 56.4 Å². The van der Waals surface area contributed by atoms with Gasteiger partial charge in [-0.05, 0) is 37.0 Å². The first kappa shape index (κ1) is 17.0. The third-order valence-electron chi connectivity index (χ3n) is 5.02. The van der Waals surface area contributed by atoms with Gasteiger partial charge in [-0.15, -0.1) is 10.2 Å². The van der Waals surface area contributed by atoms with E-state index in [2.05, 4.69) is 20.6 Å². The molecule has 1 atom stereocenters. The highest BCUT2D eigenvalue weighted by molar-refractivity contribution is 6.31. The van der Waals surface area contributed by atoms with Gasteiger partial charge in [0.25, 0.3) is 0 Å². The lowest BCUT2D eigenvalue weighted by Gasteiger charge is -2.37. The summed E-state index contributed by atoms with van der Waals surface area (Å²) in [4.78, 5) is 26.5. The number of aromatic amines is 1. The van der Waals surface area contributed by atoms with Gasteiger partial charge in [0.15, 0.2) is 11.6 Å². The van der Waals surface area contributed by atoms with E-state index in [1.165, 1.54) is 0 Å². The highest BCUT2D eigenvalue weighted by atomic mass is 35.5. The number of piperidine rings is 1. The normalized spacial score (nSPS) is 20.6. The van der Waals surface area contributed by atoms with Crippen molar-refractivity contribution in [1.82, 2.24) is 25.5 Å². The van der Waals surface area contributed by atoms with Crippen molar-refractivity contribution in [1.29, 1.82) is 0 Å². The fraction of sp³-hybridized carbons (Fsp3) is 0.471. The maximum atomic E-state index is 12.4. The second kappa shape index (κ2) is 7.03. The number of nitrogens with zero attached hydrogens (tertiary/aromatic N) is 4. The molecule has 1 unspecified atom stereocenters. The number of ether oxygens (including phenoxy) is 1. The Morgan fingerprint density at radius 2 is 2.15 bits per heavy atom. The number of rotatable bonds is 3. The number of carbonyl (C=O) groups is 2. The molecular weight excluding hydrogens is 358 g/mol. The van der Waals surface area contributed by atoms with Crippen molar-refractivity contribution in [3.05, 3.63) is 34.6 Å². The Morgan fingerprint density at radius 3 is 2.88 bits per heavy atom. The Morgan fingerprint density at radius 1 is 1.35 bits per heavy atom. The number of fused-ring (bicyclic) bond motifs is 1. The van der Waals surface area contributed by atoms with Crippen LogP contribution in [0.4, 0.5) is 0 Å². The number of tetrazole rings is 1. The number of Topliss-reactive ketones (excluding diaryl/α,β-unsaturated/α-hetero) is 1. The van der Waals surface area contributed by atoms with Crippen LogP contribution >= 0.6 is 11.6 Å². The summed E-state index contributed by atoms with van der Waals surface area (Å²) < 4.78 is 6.06. The molecule has 0 spiro atoms. The lowest BCUT2D eigenvalue weighted by molar-refractivity contribution is -0.132. The molecule has 2 aliphatic rings. The van der Waals surface area contributed by atoms with Crippen LogP contribution in [0.1, 0.15) is 35.4 Å². The number of carbonyl (C=O) groups excluding carboxylic acids is 2. The van der Waals surface area contributed by atoms with Crippen molar-refractivity contribution >= 4 is 23.3 Å². The van der Waals surface area contributed by atoms with Gasteiger partial charge < -0.3 is 9.64 Å². The first-order chi connectivity index (χ1) is 12.6. The molecule has 9 heteroatoms. The Kier molecular flexibility index (Phi) is 4.58. The predicted octanol–water partition coefficient (Wildman–Crippen LogP) is 1.67. The summed E-state index contributed by atoms with van der Waals surface area (Å²) in [6.45, 7) is 1.28. The maximum absolute atomic E-state index is 12.4. The summed E-state index contributed by atoms with van der Waals surface area (Å²) in [6, 6.07) is 5.15. The van der Waals surface area contributed by atoms with Crippen LogP contribution in [-0.2, 0) is 11.2 Å². The summed E-state index contributed by atoms with van der Waals surface area (Å²) in [5, 5.41) is 14.0. The second-order valence-electron chi connectivity index (χ2n) is 6.65. The van der Waals surface area contributed by atoms with Gasteiger partial charge in [-0.2, -0.15) is 5.21 Å². The molecule has 1 aromatic carbocycles. The molecule has 136 valence electrons. The van der Waals surface area contributed by atoms with Crippen LogP contribution in [0, 0.1) is 5.92 Å². The molecule has 2 aromatic rings. The fourth-order valence-corrected chi connectivity index (χ4v) is 3.78. The van der Waals surface area contributed by atoms with Gasteiger partial charge in [-0.1, -0.05) is 16.8 Å². The number of halogens is 1. The largest absolute Gasteiger partial charge is 0.489 e. The molecule has 26 heavy (non-hydrogen) atoms. The maximum Gasteiger partial charge on any atom is 0.230 e. The minimum atomic E-state index is -0.148. The van der Waals surface area contributed by atoms with Crippen LogP contribution in [0.3, 0.4) is 0 Å². The van der Waals surface area contributed by atoms with Crippen LogP contribution in [0.2, 0.25) is 5.02 Å². The van der Waals surface area contributed by atoms with E-state index in [1.54, 1.807) is 18.2 Å². The summed E-state index contributed by atoms with van der Waals surface area (Å²) >= 11 is 5.96. The number of likely N-dealkylation sites (tertiary alicyclic amines) is 1. The zero-order valence-electron chi connectivity index (χ0n) is 14.0. The topological polar surface area (TPSA) is 101 Å². The van der Waals surface area contributed by atoms with Crippen molar-refractivity contribution in [2.24, 2.45) is 5.92 Å². The Balaban J connectivity index is 1.36. The zero-order chi connectivity index (χ0) is 18.1. The van der Waals surface area contributed by atoms with Gasteiger partial charge in [-0.3, -0.25) is 9.59 Å². The molecular formula is C17H18ClN5O3. The lowest BCUT2D eigenvalue weighted by atomic mass is 9.86. The number of amides is 1. The van der Waals surface area contributed by atoms with Crippen molar-refractivity contribution in [2.75, 3.05) is 13.1 Å². The first-order valence-electron chi connectivity index (χ1n) is 8.59. The smallest absolute Gasteiger partial charge is 0.230 e. The minimum Gasteiger partial charge on any atom is -0.489 e. The third-order valence-corrected chi connectivity index (χ3v) is 5.26. The second-order valence-corrected chi connectivity index (χ2v) is 7.08. The molecule has 2 aliphatic heterocycles. The quantitative estimate of drug-likeness (QED) is 0.875. The molecule has 0 saturated carbocycles. The van der Waals surface area contributed by atoms with Crippen molar-refractivity contribution in [2.45, 2.75) is 31.8 Å². The summed E-state index contributed by atoms with van der Waals surface area (Å²) in [7, 11) is 0. The molecule has 0 radical (unpaired) electrons. The van der Waals surface area contributed by atoms with E-state index in [9.17, 15) is 9.59 Å². The van der Waals surface area contributed by atoms with Crippen LogP contribution < -0.4 is 4.74 Å². The Bertz CT molecular complexity index is 818. The van der Waals surface area contributed by atoms with Crippen LogP contribution in [0.15, 0.2) is 18.2 Å². The predicted molar refractivity (Wildman–Crippen MR) is 92.0 cm³/mol. The van der Waals surface area contributed by atoms with E-state index in [4.69, 9.17) is 16.3 Å². The molecule has 1 N–H and O–H groups in total. The van der Waals surface area contributed by atoms with Gasteiger partial charge in [0.1, 0.15) is 11.9 Å². The first-order valence-corrected chi connectivity index (χ1v) is 8.97. The molecule has 1 saturated heterocycles. The highest BCUT2D eigenvalue weighted by Gasteiger charge is 2.35. The average molecular weight is 376 g/mol. The number of nitrogens with one attached hydrogen (secondary N) is 1. The molecule has 1 aromatic heterocycles. The van der Waals surface area contributed by atoms with Crippen LogP contribution in [0.25, 0.3) is 0 Å². The van der Waals surface area contributed by atoms with Gasteiger partial charge >= 0.3 is 0 Å². The summed E-state index contributed by atoms with van der Waals surface area (Å²) in [6.07, 6.45) is 1.96. The molecule has 0 bridgehead atoms. The van der Waals surface area contributed by atoms with E-state index in [-0.39, 0.29) is 30.1 Å². The van der Waals surface area contributed by atoms with E-state index >= 15 is 0 Å². The molecule has 3 heterocycles. The summed E-state index contributed by atoms with van der Waals surface area (Å²) in [5.74, 6) is 1.30. The van der Waals surface area contributed by atoms with E-state index in [1.807, 2.05) is 4.90 Å². The Labute approximate surface area is 154 Å². The molecule has 8 nitrogen and oxygen atoms in total. The van der Waals surface area contributed by atoms with E-state index in [0.29, 0.717) is 41.7 Å². The number of hydrogen-bond acceptors (Lipinski definition) is 6. The number of hydrogen-bond donors (Lipinski definition) is 1. The standard InChI is InChI=1S/C17H18ClN5O3/c18-11-1-2-14-12(7-11)13(24)8-15(26-14)10-3-5-23(6-4-10)17(25)9-16-19-21-22-20-16/h1-2,7,10,15H,3-6,8-9H2,(H,19,20,21,22). The fourth-order valence-electron chi connectivity index (χ4n) is 3.61. The van der Waals surface area contributed by atoms with Gasteiger partial charge in [0.05, 0.1) is 12.0 Å². The summed E-state index contributed by atoms with van der Waals surface area (Å²) in [5.41, 5.74) is 0.557. The zero-order valence-corrected chi connectivity index (χ0v) is 14.8.